The van der Waals surface area contributed by atoms with Gasteiger partial charge >= 0.3 is 0 Å². The lowest BCUT2D eigenvalue weighted by molar-refractivity contribution is 0.628. The van der Waals surface area contributed by atoms with Crippen LogP contribution in [0.4, 0.5) is 9.52 Å². The molecule has 0 aliphatic heterocycles. The van der Waals surface area contributed by atoms with Crippen LogP contribution in [0.5, 0.6) is 0 Å². The number of aromatic nitrogens is 1. The highest BCUT2D eigenvalue weighted by molar-refractivity contribution is 7.14. The molecule has 4 rings (SSSR count). The van der Waals surface area contributed by atoms with Crippen molar-refractivity contribution in [3.63, 3.8) is 0 Å². The van der Waals surface area contributed by atoms with E-state index in [-0.39, 0.29) is 5.82 Å². The topological polar surface area (TPSA) is 37.3 Å². The van der Waals surface area contributed by atoms with Gasteiger partial charge < -0.3 is 0 Å². The Morgan fingerprint density at radius 3 is 2.64 bits per heavy atom. The van der Waals surface area contributed by atoms with Gasteiger partial charge in [-0.3, -0.25) is 5.43 Å². The van der Waals surface area contributed by atoms with Crippen LogP contribution in [0.2, 0.25) is 0 Å². The number of halogens is 1. The van der Waals surface area contributed by atoms with Crippen LogP contribution in [-0.2, 0) is 0 Å². The number of nitrogens with zero attached hydrogens (tertiary/aromatic N) is 2. The third-order valence-electron chi connectivity index (χ3n) is 3.83. The van der Waals surface area contributed by atoms with Crippen molar-refractivity contribution in [3.05, 3.63) is 83.5 Å². The van der Waals surface area contributed by atoms with E-state index in [0.29, 0.717) is 5.13 Å². The van der Waals surface area contributed by atoms with Gasteiger partial charge in [0, 0.05) is 16.5 Å². The highest BCUT2D eigenvalue weighted by atomic mass is 32.1. The van der Waals surface area contributed by atoms with E-state index < -0.39 is 0 Å². The first kappa shape index (κ1) is 15.5. The maximum absolute atomic E-state index is 13.0. The van der Waals surface area contributed by atoms with Crippen LogP contribution in [-0.4, -0.2) is 11.2 Å². The van der Waals surface area contributed by atoms with E-state index in [2.05, 4.69) is 33.7 Å². The summed E-state index contributed by atoms with van der Waals surface area (Å²) >= 11 is 1.46. The molecule has 0 aliphatic rings. The zero-order valence-corrected chi connectivity index (χ0v) is 14.0. The number of fused-ring (bicyclic) bond motifs is 1. The number of hydrogen-bond donors (Lipinski definition) is 1. The Morgan fingerprint density at radius 1 is 0.960 bits per heavy atom. The largest absolute Gasteiger partial charge is 0.253 e. The van der Waals surface area contributed by atoms with Crippen LogP contribution in [0.1, 0.15) is 5.56 Å². The second-order valence-electron chi connectivity index (χ2n) is 5.48. The monoisotopic (exact) mass is 347 g/mol. The lowest BCUT2D eigenvalue weighted by Crippen LogP contribution is -1.91. The summed E-state index contributed by atoms with van der Waals surface area (Å²) in [6, 6.07) is 20.6. The number of thiazole rings is 1. The van der Waals surface area contributed by atoms with Gasteiger partial charge in [0.15, 0.2) is 0 Å². The van der Waals surface area contributed by atoms with Gasteiger partial charge in [-0.25, -0.2) is 9.37 Å². The van der Waals surface area contributed by atoms with Crippen LogP contribution in [0, 0.1) is 5.82 Å². The lowest BCUT2D eigenvalue weighted by Gasteiger charge is -2.01. The van der Waals surface area contributed by atoms with E-state index in [0.717, 1.165) is 22.2 Å². The summed E-state index contributed by atoms with van der Waals surface area (Å²) in [5, 5.41) is 9.24. The fraction of sp³-hybridized carbons (Fsp3) is 0. The lowest BCUT2D eigenvalue weighted by atomic mass is 10.1. The first-order chi connectivity index (χ1) is 12.3. The molecule has 0 fully saturated rings. The zero-order valence-electron chi connectivity index (χ0n) is 13.2. The van der Waals surface area contributed by atoms with Crippen molar-refractivity contribution >= 4 is 33.5 Å². The summed E-state index contributed by atoms with van der Waals surface area (Å²) in [6.07, 6.45) is 1.79. The Kier molecular flexibility index (Phi) is 4.23. The van der Waals surface area contributed by atoms with Crippen molar-refractivity contribution < 1.29 is 4.39 Å². The van der Waals surface area contributed by atoms with Gasteiger partial charge in [-0.1, -0.05) is 42.5 Å². The minimum absolute atomic E-state index is 0.253. The van der Waals surface area contributed by atoms with Crippen LogP contribution in [0.25, 0.3) is 22.0 Å². The molecule has 0 saturated carbocycles. The molecule has 3 nitrogen and oxygen atoms in total. The Morgan fingerprint density at radius 2 is 1.76 bits per heavy atom. The van der Waals surface area contributed by atoms with Gasteiger partial charge in [-0.05, 0) is 35.0 Å². The van der Waals surface area contributed by atoms with E-state index in [1.807, 2.05) is 29.6 Å². The van der Waals surface area contributed by atoms with E-state index in [1.54, 1.807) is 18.3 Å². The number of benzene rings is 3. The molecule has 5 heteroatoms. The summed E-state index contributed by atoms with van der Waals surface area (Å²) in [6.45, 7) is 0. The summed E-state index contributed by atoms with van der Waals surface area (Å²) in [7, 11) is 0. The third kappa shape index (κ3) is 3.41. The number of hydrogen-bond acceptors (Lipinski definition) is 4. The summed E-state index contributed by atoms with van der Waals surface area (Å²) in [5.74, 6) is -0.253. The van der Waals surface area contributed by atoms with Gasteiger partial charge in [0.25, 0.3) is 0 Å². The molecule has 0 amide bonds. The zero-order chi connectivity index (χ0) is 17.1. The second-order valence-corrected chi connectivity index (χ2v) is 6.34. The molecule has 0 spiro atoms. The minimum atomic E-state index is -0.253. The van der Waals surface area contributed by atoms with Gasteiger partial charge in [-0.2, -0.15) is 5.10 Å². The molecule has 1 heterocycles. The Bertz CT molecular complexity index is 1030. The molecule has 122 valence electrons. The standard InChI is InChI=1S/C20H14FN3S/c21-17-10-8-15(9-11-17)19-13-25-20(23-19)24-22-12-16-6-3-5-14-4-1-2-7-18(14)16/h1-13H,(H,23,24)/b22-12-. The van der Waals surface area contributed by atoms with Gasteiger partial charge in [0.05, 0.1) is 11.9 Å². The van der Waals surface area contributed by atoms with Gasteiger partial charge in [0.1, 0.15) is 5.82 Å². The number of nitrogens with one attached hydrogen (secondary N) is 1. The minimum Gasteiger partial charge on any atom is -0.253 e. The highest BCUT2D eigenvalue weighted by Gasteiger charge is 2.04. The normalized spacial score (nSPS) is 11.2. The second kappa shape index (κ2) is 6.83. The van der Waals surface area contributed by atoms with E-state index in [1.165, 1.54) is 28.9 Å². The molecule has 4 aromatic rings. The van der Waals surface area contributed by atoms with Crippen LogP contribution >= 0.6 is 11.3 Å². The van der Waals surface area contributed by atoms with E-state index in [9.17, 15) is 4.39 Å². The Labute approximate surface area is 148 Å². The molecule has 0 atom stereocenters. The first-order valence-electron chi connectivity index (χ1n) is 7.78. The Balaban J connectivity index is 1.51. The summed E-state index contributed by atoms with van der Waals surface area (Å²) in [5.41, 5.74) is 5.68. The summed E-state index contributed by atoms with van der Waals surface area (Å²) < 4.78 is 13.0. The quantitative estimate of drug-likeness (QED) is 0.388. The van der Waals surface area contributed by atoms with Crippen molar-refractivity contribution in [1.29, 1.82) is 0 Å². The average molecular weight is 347 g/mol. The van der Waals surface area contributed by atoms with E-state index in [4.69, 9.17) is 0 Å². The SMILES string of the molecule is Fc1ccc(-c2csc(N/N=C\c3cccc4ccccc34)n2)cc1. The smallest absolute Gasteiger partial charge is 0.203 e. The number of anilines is 1. The van der Waals surface area contributed by atoms with Crippen molar-refractivity contribution in [2.75, 3.05) is 5.43 Å². The fourth-order valence-electron chi connectivity index (χ4n) is 2.60. The van der Waals surface area contributed by atoms with Gasteiger partial charge in [-0.15, -0.1) is 11.3 Å². The fourth-order valence-corrected chi connectivity index (χ4v) is 3.27. The first-order valence-corrected chi connectivity index (χ1v) is 8.66. The van der Waals surface area contributed by atoms with Crippen molar-refractivity contribution in [2.45, 2.75) is 0 Å². The van der Waals surface area contributed by atoms with Crippen LogP contribution < -0.4 is 5.43 Å². The molecular formula is C20H14FN3S. The Hall–Kier alpha value is -3.05. The summed E-state index contributed by atoms with van der Waals surface area (Å²) in [4.78, 5) is 4.47. The molecule has 3 aromatic carbocycles. The predicted octanol–water partition coefficient (Wildman–Crippen LogP) is 5.55. The predicted molar refractivity (Wildman–Crippen MR) is 103 cm³/mol. The van der Waals surface area contributed by atoms with Crippen molar-refractivity contribution in [3.8, 4) is 11.3 Å². The molecule has 1 aromatic heterocycles. The van der Waals surface area contributed by atoms with Crippen molar-refractivity contribution in [2.24, 2.45) is 5.10 Å². The maximum Gasteiger partial charge on any atom is 0.203 e. The molecular weight excluding hydrogens is 333 g/mol. The molecule has 0 radical (unpaired) electrons. The van der Waals surface area contributed by atoms with Crippen LogP contribution in [0.3, 0.4) is 0 Å². The third-order valence-corrected chi connectivity index (χ3v) is 4.58. The van der Waals surface area contributed by atoms with Gasteiger partial charge in [0.2, 0.25) is 5.13 Å². The molecule has 0 aliphatic carbocycles. The molecule has 1 N–H and O–H groups in total. The maximum atomic E-state index is 13.0. The van der Waals surface area contributed by atoms with Crippen molar-refractivity contribution in [1.82, 2.24) is 4.98 Å². The molecule has 0 bridgehead atoms. The van der Waals surface area contributed by atoms with E-state index >= 15 is 0 Å². The molecule has 25 heavy (non-hydrogen) atoms. The molecule has 0 unspecified atom stereocenters. The number of rotatable bonds is 4. The molecule has 0 saturated heterocycles. The highest BCUT2D eigenvalue weighted by Crippen LogP contribution is 2.25. The number of hydrazone groups is 1. The van der Waals surface area contributed by atoms with Crippen LogP contribution in [0.15, 0.2) is 77.2 Å². The average Bonchev–Trinajstić information content (AvgIpc) is 3.11.